The van der Waals surface area contributed by atoms with Crippen LogP contribution in [-0.2, 0) is 16.1 Å². The van der Waals surface area contributed by atoms with Gasteiger partial charge in [-0.2, -0.15) is 0 Å². The minimum atomic E-state index is -0.158. The lowest BCUT2D eigenvalue weighted by atomic mass is 10.2. The first kappa shape index (κ1) is 25.8. The molecule has 1 aliphatic heterocycles. The summed E-state index contributed by atoms with van der Waals surface area (Å²) < 4.78 is 19.3. The van der Waals surface area contributed by atoms with Crippen molar-refractivity contribution in [3.63, 3.8) is 0 Å². The Balaban J connectivity index is 1.50. The maximum atomic E-state index is 13.0. The summed E-state index contributed by atoms with van der Waals surface area (Å²) in [5.41, 5.74) is 2.53. The molecule has 0 atom stereocenters. The standard InChI is InChI=1S/C26H33N5O4S/c1-4-31-25(19-10-8-7-9-11-19)28-29-26(31)36-18-24(32)27-20-16-23(35-6-3)21(17-22(20)34-5-2)30-12-14-33-15-13-30/h7-11,16-17H,4-6,12-15,18H2,1-3H3,(H,27,32). The summed E-state index contributed by atoms with van der Waals surface area (Å²) in [7, 11) is 0. The predicted octanol–water partition coefficient (Wildman–Crippen LogP) is 4.33. The summed E-state index contributed by atoms with van der Waals surface area (Å²) in [4.78, 5) is 15.2. The fourth-order valence-electron chi connectivity index (χ4n) is 4.04. The summed E-state index contributed by atoms with van der Waals surface area (Å²) >= 11 is 1.36. The van der Waals surface area contributed by atoms with Crippen LogP contribution in [0.5, 0.6) is 11.5 Å². The zero-order valence-electron chi connectivity index (χ0n) is 21.0. The maximum absolute atomic E-state index is 13.0. The summed E-state index contributed by atoms with van der Waals surface area (Å²) in [5, 5.41) is 12.4. The van der Waals surface area contributed by atoms with E-state index in [2.05, 4.69) is 20.4 Å². The first-order valence-electron chi connectivity index (χ1n) is 12.3. The van der Waals surface area contributed by atoms with Crippen LogP contribution in [0.25, 0.3) is 11.4 Å². The van der Waals surface area contributed by atoms with Crippen molar-refractivity contribution in [3.8, 4) is 22.9 Å². The number of morpholine rings is 1. The van der Waals surface area contributed by atoms with Gasteiger partial charge in [-0.3, -0.25) is 4.79 Å². The molecule has 0 spiro atoms. The Labute approximate surface area is 216 Å². The fraction of sp³-hybridized carbons (Fsp3) is 0.423. The number of nitrogens with one attached hydrogen (secondary N) is 1. The van der Waals surface area contributed by atoms with Crippen LogP contribution in [0.3, 0.4) is 0 Å². The monoisotopic (exact) mass is 511 g/mol. The van der Waals surface area contributed by atoms with Crippen molar-refractivity contribution in [2.45, 2.75) is 32.5 Å². The molecule has 2 heterocycles. The molecule has 2 aromatic carbocycles. The van der Waals surface area contributed by atoms with Gasteiger partial charge in [0.15, 0.2) is 11.0 Å². The second-order valence-corrected chi connectivity index (χ2v) is 8.98. The molecule has 1 fully saturated rings. The largest absolute Gasteiger partial charge is 0.492 e. The first-order valence-corrected chi connectivity index (χ1v) is 13.3. The number of amides is 1. The van der Waals surface area contributed by atoms with Gasteiger partial charge < -0.3 is 29.0 Å². The van der Waals surface area contributed by atoms with E-state index in [0.717, 1.165) is 30.2 Å². The quantitative estimate of drug-likeness (QED) is 0.381. The molecule has 1 aliphatic rings. The van der Waals surface area contributed by atoms with E-state index >= 15 is 0 Å². The van der Waals surface area contributed by atoms with E-state index in [1.54, 1.807) is 0 Å². The van der Waals surface area contributed by atoms with Gasteiger partial charge in [0, 0.05) is 37.3 Å². The van der Waals surface area contributed by atoms with Crippen LogP contribution in [0, 0.1) is 0 Å². The van der Waals surface area contributed by atoms with Crippen LogP contribution < -0.4 is 19.7 Å². The lowest BCUT2D eigenvalue weighted by Gasteiger charge is -2.31. The Morgan fingerprint density at radius 3 is 2.44 bits per heavy atom. The Kier molecular flexibility index (Phi) is 9.07. The Hall–Kier alpha value is -3.24. The van der Waals surface area contributed by atoms with E-state index in [1.807, 2.05) is 67.8 Å². The van der Waals surface area contributed by atoms with Crippen molar-refractivity contribution >= 4 is 29.0 Å². The van der Waals surface area contributed by atoms with Gasteiger partial charge in [0.2, 0.25) is 5.91 Å². The van der Waals surface area contributed by atoms with E-state index in [9.17, 15) is 4.79 Å². The van der Waals surface area contributed by atoms with Crippen LogP contribution in [0.15, 0.2) is 47.6 Å². The second kappa shape index (κ2) is 12.6. The molecule has 192 valence electrons. The van der Waals surface area contributed by atoms with Crippen molar-refractivity contribution in [1.29, 1.82) is 0 Å². The molecule has 0 aliphatic carbocycles. The number of hydrogen-bond acceptors (Lipinski definition) is 8. The van der Waals surface area contributed by atoms with E-state index in [-0.39, 0.29) is 11.7 Å². The molecule has 4 rings (SSSR count). The van der Waals surface area contributed by atoms with E-state index < -0.39 is 0 Å². The number of anilines is 2. The summed E-state index contributed by atoms with van der Waals surface area (Å²) in [5.74, 6) is 2.15. The average Bonchev–Trinajstić information content (AvgIpc) is 3.33. The van der Waals surface area contributed by atoms with Crippen LogP contribution in [0.1, 0.15) is 20.8 Å². The number of carbonyl (C=O) groups is 1. The topological polar surface area (TPSA) is 90.7 Å². The van der Waals surface area contributed by atoms with Gasteiger partial charge in [0.25, 0.3) is 0 Å². The normalized spacial score (nSPS) is 13.5. The molecule has 0 saturated carbocycles. The highest BCUT2D eigenvalue weighted by Crippen LogP contribution is 2.39. The molecular formula is C26H33N5O4S. The number of carbonyl (C=O) groups excluding carboxylic acids is 1. The zero-order chi connectivity index (χ0) is 25.3. The smallest absolute Gasteiger partial charge is 0.234 e. The second-order valence-electron chi connectivity index (χ2n) is 8.03. The third-order valence-corrected chi connectivity index (χ3v) is 6.65. The van der Waals surface area contributed by atoms with E-state index in [4.69, 9.17) is 14.2 Å². The van der Waals surface area contributed by atoms with Gasteiger partial charge in [-0.1, -0.05) is 42.1 Å². The first-order chi connectivity index (χ1) is 17.6. The van der Waals surface area contributed by atoms with Crippen molar-refractivity contribution in [3.05, 3.63) is 42.5 Å². The summed E-state index contributed by atoms with van der Waals surface area (Å²) in [6.07, 6.45) is 0. The molecule has 1 saturated heterocycles. The molecule has 3 aromatic rings. The van der Waals surface area contributed by atoms with Crippen molar-refractivity contribution in [2.24, 2.45) is 0 Å². The number of rotatable bonds is 11. The van der Waals surface area contributed by atoms with Gasteiger partial charge >= 0.3 is 0 Å². The number of thioether (sulfide) groups is 1. The fourth-order valence-corrected chi connectivity index (χ4v) is 4.84. The van der Waals surface area contributed by atoms with E-state index in [0.29, 0.717) is 55.3 Å². The molecule has 0 radical (unpaired) electrons. The molecule has 10 heteroatoms. The SMILES string of the molecule is CCOc1cc(N2CCOCC2)c(OCC)cc1NC(=O)CSc1nnc(-c2ccccc2)n1CC. The number of hydrogen-bond donors (Lipinski definition) is 1. The molecule has 0 bridgehead atoms. The molecule has 9 nitrogen and oxygen atoms in total. The molecule has 0 unspecified atom stereocenters. The van der Waals surface area contributed by atoms with Crippen molar-refractivity contribution < 1.29 is 19.0 Å². The number of benzene rings is 2. The molecular weight excluding hydrogens is 478 g/mol. The van der Waals surface area contributed by atoms with Crippen LogP contribution in [0.2, 0.25) is 0 Å². The zero-order valence-corrected chi connectivity index (χ0v) is 21.8. The average molecular weight is 512 g/mol. The van der Waals surface area contributed by atoms with Crippen molar-refractivity contribution in [2.75, 3.05) is 55.5 Å². The Bertz CT molecular complexity index is 1150. The highest BCUT2D eigenvalue weighted by molar-refractivity contribution is 7.99. The highest BCUT2D eigenvalue weighted by atomic mass is 32.2. The predicted molar refractivity (Wildman–Crippen MR) is 142 cm³/mol. The third-order valence-electron chi connectivity index (χ3n) is 5.68. The number of aromatic nitrogens is 3. The summed E-state index contributed by atoms with van der Waals surface area (Å²) in [6, 6.07) is 13.7. The minimum Gasteiger partial charge on any atom is -0.492 e. The lowest BCUT2D eigenvalue weighted by Crippen LogP contribution is -2.36. The van der Waals surface area contributed by atoms with Crippen molar-refractivity contribution in [1.82, 2.24) is 14.8 Å². The molecule has 1 amide bonds. The van der Waals surface area contributed by atoms with Gasteiger partial charge in [-0.15, -0.1) is 10.2 Å². The molecule has 36 heavy (non-hydrogen) atoms. The van der Waals surface area contributed by atoms with Crippen LogP contribution in [0.4, 0.5) is 11.4 Å². The molecule has 1 N–H and O–H groups in total. The summed E-state index contributed by atoms with van der Waals surface area (Å²) in [6.45, 7) is 10.5. The minimum absolute atomic E-state index is 0.158. The van der Waals surface area contributed by atoms with Gasteiger partial charge in [-0.25, -0.2) is 0 Å². The van der Waals surface area contributed by atoms with E-state index in [1.165, 1.54) is 11.8 Å². The maximum Gasteiger partial charge on any atom is 0.234 e. The van der Waals surface area contributed by atoms with Gasteiger partial charge in [0.05, 0.1) is 43.6 Å². The van der Waals surface area contributed by atoms with Gasteiger partial charge in [0.1, 0.15) is 11.5 Å². The Morgan fingerprint density at radius 1 is 1.03 bits per heavy atom. The van der Waals surface area contributed by atoms with Gasteiger partial charge in [-0.05, 0) is 20.8 Å². The number of nitrogens with zero attached hydrogens (tertiary/aromatic N) is 4. The van der Waals surface area contributed by atoms with Crippen LogP contribution >= 0.6 is 11.8 Å². The Morgan fingerprint density at radius 2 is 1.75 bits per heavy atom. The lowest BCUT2D eigenvalue weighted by molar-refractivity contribution is -0.113. The van der Waals surface area contributed by atoms with Crippen LogP contribution in [-0.4, -0.2) is 65.9 Å². The molecule has 1 aromatic heterocycles. The third kappa shape index (κ3) is 6.11. The highest BCUT2D eigenvalue weighted by Gasteiger charge is 2.21. The number of ether oxygens (including phenoxy) is 3.